The summed E-state index contributed by atoms with van der Waals surface area (Å²) in [5, 5.41) is 13.0. The van der Waals surface area contributed by atoms with Crippen molar-refractivity contribution in [2.45, 2.75) is 55.4 Å². The van der Waals surface area contributed by atoms with Gasteiger partial charge in [-0.05, 0) is 43.9 Å². The van der Waals surface area contributed by atoms with Gasteiger partial charge in [-0.1, -0.05) is 36.9 Å². The first kappa shape index (κ1) is 20.1. The standard InChI is InChI=1S/C19H24ClN3O3S/c20-16-7-4-8-17(13-16)27(25,26)23-11-9-19(14-21,10-12-23)22-18(24)15-5-2-1-3-6-15/h4,7-8,13,15H,1-3,5-6,9-12H2,(H,22,24). The Balaban J connectivity index is 1.67. The van der Waals surface area contributed by atoms with Crippen molar-refractivity contribution in [2.24, 2.45) is 5.92 Å². The van der Waals surface area contributed by atoms with Crippen molar-refractivity contribution >= 4 is 27.5 Å². The molecule has 1 aromatic carbocycles. The SMILES string of the molecule is N#CC1(NC(=O)C2CCCCC2)CCN(S(=O)(=O)c2cccc(Cl)c2)CC1. The lowest BCUT2D eigenvalue weighted by Crippen LogP contribution is -2.56. The molecule has 1 saturated carbocycles. The second kappa shape index (κ2) is 8.17. The second-order valence-electron chi connectivity index (χ2n) is 7.38. The second-order valence-corrected chi connectivity index (χ2v) is 9.75. The van der Waals surface area contributed by atoms with Gasteiger partial charge in [0, 0.05) is 24.0 Å². The lowest BCUT2D eigenvalue weighted by atomic mass is 9.85. The van der Waals surface area contributed by atoms with E-state index in [1.165, 1.54) is 16.4 Å². The molecule has 8 heteroatoms. The van der Waals surface area contributed by atoms with E-state index in [0.29, 0.717) is 5.02 Å². The van der Waals surface area contributed by atoms with E-state index in [9.17, 15) is 18.5 Å². The molecule has 0 aromatic heterocycles. The van der Waals surface area contributed by atoms with Crippen LogP contribution in [0.2, 0.25) is 5.02 Å². The zero-order chi connectivity index (χ0) is 19.5. The summed E-state index contributed by atoms with van der Waals surface area (Å²) >= 11 is 5.92. The molecule has 1 aliphatic heterocycles. The first-order chi connectivity index (χ1) is 12.9. The van der Waals surface area contributed by atoms with Gasteiger partial charge >= 0.3 is 0 Å². The maximum atomic E-state index is 12.8. The van der Waals surface area contributed by atoms with Gasteiger partial charge in [0.15, 0.2) is 0 Å². The highest BCUT2D eigenvalue weighted by atomic mass is 35.5. The molecule has 2 fully saturated rings. The number of sulfonamides is 1. The molecule has 1 heterocycles. The fourth-order valence-electron chi connectivity index (χ4n) is 3.85. The summed E-state index contributed by atoms with van der Waals surface area (Å²) in [6.07, 6.45) is 5.53. The fraction of sp³-hybridized carbons (Fsp3) is 0.579. The van der Waals surface area contributed by atoms with E-state index in [0.717, 1.165) is 32.1 Å². The Morgan fingerprint density at radius 1 is 1.22 bits per heavy atom. The van der Waals surface area contributed by atoms with E-state index in [2.05, 4.69) is 11.4 Å². The smallest absolute Gasteiger partial charge is 0.243 e. The van der Waals surface area contributed by atoms with Gasteiger partial charge in [-0.3, -0.25) is 4.79 Å². The molecule has 0 bridgehead atoms. The van der Waals surface area contributed by atoms with Crippen LogP contribution in [0.25, 0.3) is 0 Å². The number of nitrogens with zero attached hydrogens (tertiary/aromatic N) is 2. The Hall–Kier alpha value is -1.62. The van der Waals surface area contributed by atoms with Crippen molar-refractivity contribution in [1.29, 1.82) is 5.26 Å². The summed E-state index contributed by atoms with van der Waals surface area (Å²) in [5.41, 5.74) is -0.991. The first-order valence-electron chi connectivity index (χ1n) is 9.35. The van der Waals surface area contributed by atoms with Crippen LogP contribution in [0.1, 0.15) is 44.9 Å². The van der Waals surface area contributed by atoms with Crippen molar-refractivity contribution in [3.63, 3.8) is 0 Å². The van der Waals surface area contributed by atoms with Crippen LogP contribution in [0, 0.1) is 17.2 Å². The molecule has 1 saturated heterocycles. The zero-order valence-corrected chi connectivity index (χ0v) is 16.7. The Morgan fingerprint density at radius 2 is 1.89 bits per heavy atom. The summed E-state index contributed by atoms with van der Waals surface area (Å²) in [7, 11) is -3.67. The van der Waals surface area contributed by atoms with E-state index in [1.54, 1.807) is 12.1 Å². The van der Waals surface area contributed by atoms with Crippen LogP contribution in [0.4, 0.5) is 0 Å². The predicted octanol–water partition coefficient (Wildman–Crippen LogP) is 3.08. The van der Waals surface area contributed by atoms with E-state index < -0.39 is 15.6 Å². The van der Waals surface area contributed by atoms with Gasteiger partial charge < -0.3 is 5.32 Å². The van der Waals surface area contributed by atoms with Crippen molar-refractivity contribution in [1.82, 2.24) is 9.62 Å². The van der Waals surface area contributed by atoms with Crippen molar-refractivity contribution < 1.29 is 13.2 Å². The van der Waals surface area contributed by atoms with Crippen molar-refractivity contribution in [3.05, 3.63) is 29.3 Å². The third-order valence-electron chi connectivity index (χ3n) is 5.56. The molecule has 27 heavy (non-hydrogen) atoms. The number of carbonyl (C=O) groups is 1. The highest BCUT2D eigenvalue weighted by molar-refractivity contribution is 7.89. The van der Waals surface area contributed by atoms with Crippen LogP contribution in [-0.2, 0) is 14.8 Å². The summed E-state index contributed by atoms with van der Waals surface area (Å²) in [5.74, 6) is -0.0976. The highest BCUT2D eigenvalue weighted by Gasteiger charge is 2.41. The summed E-state index contributed by atoms with van der Waals surface area (Å²) < 4.78 is 27.0. The van der Waals surface area contributed by atoms with Crippen LogP contribution < -0.4 is 5.32 Å². The topological polar surface area (TPSA) is 90.3 Å². The van der Waals surface area contributed by atoms with Gasteiger partial charge in [-0.2, -0.15) is 9.57 Å². The molecule has 0 atom stereocenters. The quantitative estimate of drug-likeness (QED) is 0.827. The minimum atomic E-state index is -3.67. The number of nitriles is 1. The molecule has 2 aliphatic rings. The lowest BCUT2D eigenvalue weighted by molar-refractivity contribution is -0.127. The molecule has 146 valence electrons. The number of carbonyl (C=O) groups excluding carboxylic acids is 1. The predicted molar refractivity (Wildman–Crippen MR) is 103 cm³/mol. The van der Waals surface area contributed by atoms with E-state index in [-0.39, 0.29) is 42.7 Å². The van der Waals surface area contributed by atoms with E-state index in [1.807, 2.05) is 0 Å². The van der Waals surface area contributed by atoms with Crippen molar-refractivity contribution in [3.8, 4) is 6.07 Å². The first-order valence-corrected chi connectivity index (χ1v) is 11.2. The molecule has 6 nitrogen and oxygen atoms in total. The van der Waals surface area contributed by atoms with Crippen LogP contribution in [0.3, 0.4) is 0 Å². The summed E-state index contributed by atoms with van der Waals surface area (Å²) in [4.78, 5) is 12.7. The van der Waals surface area contributed by atoms with Crippen LogP contribution in [0.15, 0.2) is 29.2 Å². The number of rotatable bonds is 4. The Labute approximate surface area is 165 Å². The molecule has 0 radical (unpaired) electrons. The molecule has 1 aliphatic carbocycles. The zero-order valence-electron chi connectivity index (χ0n) is 15.2. The number of piperidine rings is 1. The highest BCUT2D eigenvalue weighted by Crippen LogP contribution is 2.29. The van der Waals surface area contributed by atoms with E-state index in [4.69, 9.17) is 11.6 Å². The molecule has 0 unspecified atom stereocenters. The van der Waals surface area contributed by atoms with Gasteiger partial charge in [0.1, 0.15) is 5.54 Å². The van der Waals surface area contributed by atoms with Crippen LogP contribution in [-0.4, -0.2) is 37.3 Å². The molecule has 1 amide bonds. The van der Waals surface area contributed by atoms with Gasteiger partial charge in [0.05, 0.1) is 11.0 Å². The molecule has 1 N–H and O–H groups in total. The maximum absolute atomic E-state index is 12.8. The van der Waals surface area contributed by atoms with Crippen LogP contribution >= 0.6 is 11.6 Å². The van der Waals surface area contributed by atoms with Crippen molar-refractivity contribution in [2.75, 3.05) is 13.1 Å². The monoisotopic (exact) mass is 409 g/mol. The normalized spacial score (nSPS) is 21.3. The van der Waals surface area contributed by atoms with Crippen LogP contribution in [0.5, 0.6) is 0 Å². The average Bonchev–Trinajstić information content (AvgIpc) is 2.69. The van der Waals surface area contributed by atoms with E-state index >= 15 is 0 Å². The Bertz CT molecular complexity index is 836. The Morgan fingerprint density at radius 3 is 2.48 bits per heavy atom. The number of hydrogen-bond donors (Lipinski definition) is 1. The third kappa shape index (κ3) is 4.45. The molecule has 3 rings (SSSR count). The third-order valence-corrected chi connectivity index (χ3v) is 7.69. The maximum Gasteiger partial charge on any atom is 0.243 e. The fourth-order valence-corrected chi connectivity index (χ4v) is 5.60. The van der Waals surface area contributed by atoms with Gasteiger partial charge in [-0.25, -0.2) is 8.42 Å². The number of halogens is 1. The minimum absolute atomic E-state index is 0.0304. The van der Waals surface area contributed by atoms with Gasteiger partial charge in [0.25, 0.3) is 0 Å². The Kier molecular flexibility index (Phi) is 6.09. The molecule has 1 aromatic rings. The summed E-state index contributed by atoms with van der Waals surface area (Å²) in [6.45, 7) is 0.376. The summed E-state index contributed by atoms with van der Waals surface area (Å²) in [6, 6.07) is 8.39. The number of benzene rings is 1. The average molecular weight is 410 g/mol. The molecular formula is C19H24ClN3O3S. The minimum Gasteiger partial charge on any atom is -0.337 e. The van der Waals surface area contributed by atoms with Gasteiger partial charge in [-0.15, -0.1) is 0 Å². The molecular weight excluding hydrogens is 386 g/mol. The number of nitrogens with one attached hydrogen (secondary N) is 1. The largest absolute Gasteiger partial charge is 0.337 e. The number of hydrogen-bond acceptors (Lipinski definition) is 4. The van der Waals surface area contributed by atoms with Gasteiger partial charge in [0.2, 0.25) is 15.9 Å². The number of amides is 1. The molecule has 0 spiro atoms. The lowest BCUT2D eigenvalue weighted by Gasteiger charge is -2.38.